The molecule has 0 saturated carbocycles. The van der Waals surface area contributed by atoms with Gasteiger partial charge in [0.15, 0.2) is 0 Å². The number of rotatable bonds is 7. The number of nitrogens with zero attached hydrogens (tertiary/aromatic N) is 1. The van der Waals surface area contributed by atoms with E-state index in [1.54, 1.807) is 42.5 Å². The van der Waals surface area contributed by atoms with Crippen molar-refractivity contribution in [2.75, 3.05) is 22.5 Å². The number of carbonyl (C=O) groups is 1. The quantitative estimate of drug-likeness (QED) is 0.714. The molecule has 0 fully saturated rings. The van der Waals surface area contributed by atoms with Crippen LogP contribution in [0.1, 0.15) is 13.8 Å². The van der Waals surface area contributed by atoms with Gasteiger partial charge in [0.25, 0.3) is 0 Å². The van der Waals surface area contributed by atoms with Crippen LogP contribution in [0, 0.1) is 0 Å². The van der Waals surface area contributed by atoms with Gasteiger partial charge >= 0.3 is 0 Å². The zero-order valence-electron chi connectivity index (χ0n) is 15.1. The van der Waals surface area contributed by atoms with Crippen molar-refractivity contribution in [2.45, 2.75) is 19.9 Å². The zero-order valence-corrected chi connectivity index (χ0v) is 17.4. The molecule has 2 aromatic rings. The Morgan fingerprint density at radius 2 is 1.81 bits per heavy atom. The summed E-state index contributed by atoms with van der Waals surface area (Å²) >= 11 is 12.0. The van der Waals surface area contributed by atoms with E-state index >= 15 is 0 Å². The molecule has 2 aromatic carbocycles. The minimum atomic E-state index is -3.73. The number of ether oxygens (including phenoxy) is 1. The second kappa shape index (κ2) is 8.82. The number of carbonyl (C=O) groups excluding carboxylic acids is 1. The van der Waals surface area contributed by atoms with Gasteiger partial charge < -0.3 is 10.1 Å². The molecule has 27 heavy (non-hydrogen) atoms. The van der Waals surface area contributed by atoms with Gasteiger partial charge in [0.1, 0.15) is 11.8 Å². The SMILES string of the molecule is CCOc1ccc(N([C@@H](C)C(=O)Nc2cccc(Cl)c2Cl)S(C)(=O)=O)cc1. The first-order valence-corrected chi connectivity index (χ1v) is 10.7. The monoisotopic (exact) mass is 430 g/mol. The van der Waals surface area contributed by atoms with Crippen LogP contribution in [0.5, 0.6) is 5.75 Å². The summed E-state index contributed by atoms with van der Waals surface area (Å²) in [6, 6.07) is 10.3. The lowest BCUT2D eigenvalue weighted by molar-refractivity contribution is -0.116. The van der Waals surface area contributed by atoms with Gasteiger partial charge in [0, 0.05) is 0 Å². The fourth-order valence-corrected chi connectivity index (χ4v) is 4.02. The Bertz CT molecular complexity index is 917. The maximum atomic E-state index is 12.7. The van der Waals surface area contributed by atoms with Crippen molar-refractivity contribution in [2.24, 2.45) is 0 Å². The topological polar surface area (TPSA) is 75.7 Å². The van der Waals surface area contributed by atoms with Crippen molar-refractivity contribution in [1.29, 1.82) is 0 Å². The van der Waals surface area contributed by atoms with Crippen LogP contribution in [0.15, 0.2) is 42.5 Å². The van der Waals surface area contributed by atoms with Crippen LogP contribution in [-0.2, 0) is 14.8 Å². The Morgan fingerprint density at radius 3 is 2.37 bits per heavy atom. The molecule has 1 amide bonds. The summed E-state index contributed by atoms with van der Waals surface area (Å²) in [5, 5.41) is 3.09. The highest BCUT2D eigenvalue weighted by Crippen LogP contribution is 2.30. The second-order valence-corrected chi connectivity index (χ2v) is 8.40. The summed E-state index contributed by atoms with van der Waals surface area (Å²) < 4.78 is 31.1. The smallest absolute Gasteiger partial charge is 0.248 e. The Hall–Kier alpha value is -1.96. The van der Waals surface area contributed by atoms with Crippen LogP contribution < -0.4 is 14.4 Å². The number of halogens is 2. The summed E-state index contributed by atoms with van der Waals surface area (Å²) in [6.07, 6.45) is 1.04. The lowest BCUT2D eigenvalue weighted by Crippen LogP contribution is -2.45. The number of nitrogens with one attached hydrogen (secondary N) is 1. The minimum absolute atomic E-state index is 0.187. The number of amides is 1. The first-order valence-electron chi connectivity index (χ1n) is 8.12. The summed E-state index contributed by atoms with van der Waals surface area (Å²) in [6.45, 7) is 3.84. The highest BCUT2D eigenvalue weighted by molar-refractivity contribution is 7.92. The van der Waals surface area contributed by atoms with Crippen LogP contribution in [0.4, 0.5) is 11.4 Å². The molecule has 0 radical (unpaired) electrons. The molecule has 0 spiro atoms. The van der Waals surface area contributed by atoms with Crippen molar-refractivity contribution >= 4 is 50.5 Å². The van der Waals surface area contributed by atoms with Gasteiger partial charge in [-0.3, -0.25) is 9.10 Å². The van der Waals surface area contributed by atoms with Gasteiger partial charge in [0.05, 0.1) is 34.3 Å². The first kappa shape index (κ1) is 21.3. The summed E-state index contributed by atoms with van der Waals surface area (Å²) in [7, 11) is -3.73. The van der Waals surface area contributed by atoms with E-state index in [-0.39, 0.29) is 10.0 Å². The molecule has 0 aliphatic carbocycles. The minimum Gasteiger partial charge on any atom is -0.494 e. The lowest BCUT2D eigenvalue weighted by Gasteiger charge is -2.28. The number of hydrogen-bond acceptors (Lipinski definition) is 4. The highest BCUT2D eigenvalue weighted by Gasteiger charge is 2.29. The molecular formula is C18H20Cl2N2O4S. The average molecular weight is 431 g/mol. The first-order chi connectivity index (χ1) is 12.6. The predicted octanol–water partition coefficient (Wildman–Crippen LogP) is 4.19. The molecule has 0 unspecified atom stereocenters. The molecule has 1 N–H and O–H groups in total. The van der Waals surface area contributed by atoms with Crippen LogP contribution in [-0.4, -0.2) is 33.2 Å². The van der Waals surface area contributed by atoms with E-state index in [0.717, 1.165) is 10.6 Å². The molecule has 0 aromatic heterocycles. The molecule has 6 nitrogen and oxygen atoms in total. The fourth-order valence-electron chi connectivity index (χ4n) is 2.50. The van der Waals surface area contributed by atoms with E-state index in [1.807, 2.05) is 6.92 Å². The van der Waals surface area contributed by atoms with Crippen molar-refractivity contribution < 1.29 is 17.9 Å². The van der Waals surface area contributed by atoms with E-state index < -0.39 is 22.0 Å². The maximum absolute atomic E-state index is 12.7. The molecule has 0 aliphatic rings. The molecule has 1 atom stereocenters. The van der Waals surface area contributed by atoms with Gasteiger partial charge in [-0.05, 0) is 50.2 Å². The van der Waals surface area contributed by atoms with Gasteiger partial charge in [-0.25, -0.2) is 8.42 Å². The largest absolute Gasteiger partial charge is 0.494 e. The maximum Gasteiger partial charge on any atom is 0.248 e. The van der Waals surface area contributed by atoms with Crippen LogP contribution in [0.2, 0.25) is 10.0 Å². The number of anilines is 2. The van der Waals surface area contributed by atoms with Gasteiger partial charge in [-0.15, -0.1) is 0 Å². The molecule has 0 heterocycles. The van der Waals surface area contributed by atoms with Crippen molar-refractivity contribution in [3.8, 4) is 5.75 Å². The van der Waals surface area contributed by atoms with Crippen molar-refractivity contribution in [3.05, 3.63) is 52.5 Å². The van der Waals surface area contributed by atoms with Crippen molar-refractivity contribution in [1.82, 2.24) is 0 Å². The number of sulfonamides is 1. The van der Waals surface area contributed by atoms with E-state index in [1.165, 1.54) is 6.92 Å². The van der Waals surface area contributed by atoms with E-state index in [4.69, 9.17) is 27.9 Å². The average Bonchev–Trinajstić information content (AvgIpc) is 2.59. The molecule has 2 rings (SSSR count). The second-order valence-electron chi connectivity index (χ2n) is 5.75. The fraction of sp³-hybridized carbons (Fsp3) is 0.278. The van der Waals surface area contributed by atoms with E-state index in [9.17, 15) is 13.2 Å². The van der Waals surface area contributed by atoms with Crippen LogP contribution in [0.25, 0.3) is 0 Å². The Balaban J connectivity index is 2.30. The number of benzene rings is 2. The zero-order chi connectivity index (χ0) is 20.2. The third kappa shape index (κ3) is 5.28. The van der Waals surface area contributed by atoms with Crippen LogP contribution >= 0.6 is 23.2 Å². The molecule has 146 valence electrons. The molecule has 0 aliphatic heterocycles. The van der Waals surface area contributed by atoms with Gasteiger partial charge in [-0.1, -0.05) is 29.3 Å². The molecular weight excluding hydrogens is 411 g/mol. The third-order valence-electron chi connectivity index (χ3n) is 3.70. The third-order valence-corrected chi connectivity index (χ3v) is 5.76. The summed E-state index contributed by atoms with van der Waals surface area (Å²) in [5.41, 5.74) is 0.655. The number of hydrogen-bond donors (Lipinski definition) is 1. The lowest BCUT2D eigenvalue weighted by atomic mass is 10.2. The standard InChI is InChI=1S/C18H20Cl2N2O4S/c1-4-26-14-10-8-13(9-11-14)22(27(3,24)25)12(2)18(23)21-16-7-5-6-15(19)17(16)20/h5-12H,4H2,1-3H3,(H,21,23)/t12-/m0/s1. The Morgan fingerprint density at radius 1 is 1.19 bits per heavy atom. The van der Waals surface area contributed by atoms with E-state index in [2.05, 4.69) is 5.32 Å². The van der Waals surface area contributed by atoms with Gasteiger partial charge in [-0.2, -0.15) is 0 Å². The highest BCUT2D eigenvalue weighted by atomic mass is 35.5. The Labute approximate surface area is 169 Å². The Kier molecular flexibility index (Phi) is 6.97. The normalized spacial score (nSPS) is 12.3. The molecule has 0 saturated heterocycles. The molecule has 0 bridgehead atoms. The van der Waals surface area contributed by atoms with Gasteiger partial charge in [0.2, 0.25) is 15.9 Å². The van der Waals surface area contributed by atoms with E-state index in [0.29, 0.717) is 23.7 Å². The van der Waals surface area contributed by atoms with Crippen LogP contribution in [0.3, 0.4) is 0 Å². The van der Waals surface area contributed by atoms with Crippen molar-refractivity contribution in [3.63, 3.8) is 0 Å². The predicted molar refractivity (Wildman–Crippen MR) is 109 cm³/mol. The summed E-state index contributed by atoms with van der Waals surface area (Å²) in [4.78, 5) is 12.7. The molecule has 9 heteroatoms. The summed E-state index contributed by atoms with van der Waals surface area (Å²) in [5.74, 6) is 0.0657.